The summed E-state index contributed by atoms with van der Waals surface area (Å²) in [6.45, 7) is 19.0. The minimum atomic E-state index is -5.10. The van der Waals surface area contributed by atoms with Gasteiger partial charge in [-0.05, 0) is 0 Å². The van der Waals surface area contributed by atoms with Crippen LogP contribution in [0.3, 0.4) is 0 Å². The van der Waals surface area contributed by atoms with E-state index in [1.54, 1.807) is 0 Å². The summed E-state index contributed by atoms with van der Waals surface area (Å²) in [6.07, 6.45) is 14.2. The van der Waals surface area contributed by atoms with E-state index in [4.69, 9.17) is 17.2 Å². The first-order valence-corrected chi connectivity index (χ1v) is 42.5. The molecule has 2 aliphatic rings. The SMILES string of the molecule is CCCCc1ccccc1-c1cccc2c1C=C(CC(C)C)[CH]2[Hf]([Cl])([Cl])([CH]1C(CC(C)C)=Cc2c(-c3ccccc3CCCC)cccc21)[SiH](C)C. The first-order chi connectivity index (χ1) is 24.9. The molecule has 0 nitrogen and oxygen atoms in total. The van der Waals surface area contributed by atoms with E-state index >= 15 is 0 Å². The summed E-state index contributed by atoms with van der Waals surface area (Å²) in [4.78, 5) is 0. The molecule has 2 aliphatic carbocycles. The van der Waals surface area contributed by atoms with Gasteiger partial charge in [-0.1, -0.05) is 0 Å². The number of hydrogen-bond acceptors (Lipinski definition) is 0. The number of fused-ring (bicyclic) bond motifs is 2. The van der Waals surface area contributed by atoms with Crippen molar-refractivity contribution in [2.24, 2.45) is 11.8 Å². The molecule has 4 aromatic rings. The summed E-state index contributed by atoms with van der Waals surface area (Å²) in [5, 5.41) is 0. The molecule has 0 spiro atoms. The Kier molecular flexibility index (Phi) is 12.5. The maximum absolute atomic E-state index is 8.92. The van der Waals surface area contributed by atoms with Gasteiger partial charge in [0.2, 0.25) is 0 Å². The molecule has 0 saturated carbocycles. The van der Waals surface area contributed by atoms with Crippen LogP contribution in [0, 0.1) is 11.8 Å². The summed E-state index contributed by atoms with van der Waals surface area (Å²) < 4.78 is 0.221. The Morgan fingerprint density at radius 1 is 0.558 bits per heavy atom. The molecule has 0 radical (unpaired) electrons. The van der Waals surface area contributed by atoms with Crippen molar-refractivity contribution < 1.29 is 15.3 Å². The van der Waals surface area contributed by atoms with Crippen molar-refractivity contribution >= 4 is 35.3 Å². The number of halogens is 2. The molecule has 0 fully saturated rings. The van der Waals surface area contributed by atoms with E-state index in [0.29, 0.717) is 11.8 Å². The van der Waals surface area contributed by atoms with Crippen LogP contribution in [0.1, 0.15) is 121 Å². The predicted molar refractivity (Wildman–Crippen MR) is 232 cm³/mol. The van der Waals surface area contributed by atoms with Crippen LogP contribution in [-0.4, -0.2) is 5.98 Å². The first kappa shape index (κ1) is 39.7. The van der Waals surface area contributed by atoms with Crippen molar-refractivity contribution in [2.45, 2.75) is 113 Å². The van der Waals surface area contributed by atoms with E-state index < -0.39 is 21.3 Å². The molecule has 2 atom stereocenters. The van der Waals surface area contributed by atoms with Gasteiger partial charge >= 0.3 is 327 Å². The molecule has 0 aliphatic heterocycles. The van der Waals surface area contributed by atoms with Crippen molar-refractivity contribution in [3.63, 3.8) is 0 Å². The van der Waals surface area contributed by atoms with Gasteiger partial charge in [0.1, 0.15) is 0 Å². The van der Waals surface area contributed by atoms with Crippen molar-refractivity contribution in [2.75, 3.05) is 0 Å². The van der Waals surface area contributed by atoms with Gasteiger partial charge in [-0.25, -0.2) is 0 Å². The van der Waals surface area contributed by atoms with Crippen molar-refractivity contribution in [1.29, 1.82) is 0 Å². The Morgan fingerprint density at radius 2 is 0.942 bits per heavy atom. The molecule has 0 N–H and O–H groups in total. The molecule has 0 heterocycles. The minimum absolute atomic E-state index is 0.110. The van der Waals surface area contributed by atoms with Crippen molar-refractivity contribution in [1.82, 2.24) is 0 Å². The predicted octanol–water partition coefficient (Wildman–Crippen LogP) is 15.4. The first-order valence-electron chi connectivity index (χ1n) is 20.3. The number of hydrogen-bond donors (Lipinski definition) is 0. The molecule has 4 aromatic carbocycles. The van der Waals surface area contributed by atoms with Crippen LogP contribution in [-0.2, 0) is 28.1 Å². The van der Waals surface area contributed by atoms with Crippen molar-refractivity contribution in [3.05, 3.63) is 129 Å². The summed E-state index contributed by atoms with van der Waals surface area (Å²) in [7, 11) is 17.8. The molecule has 6 rings (SSSR count). The molecule has 0 aromatic heterocycles. The molecule has 2 unspecified atom stereocenters. The Labute approximate surface area is 325 Å². The molecule has 0 amide bonds. The van der Waals surface area contributed by atoms with E-state index in [1.807, 2.05) is 0 Å². The second-order valence-corrected chi connectivity index (χ2v) is 76.3. The normalized spacial score (nSPS) is 17.7. The Hall–Kier alpha value is -1.97. The number of allylic oxidation sites excluding steroid dienone is 2. The van der Waals surface area contributed by atoms with Gasteiger partial charge in [-0.2, -0.15) is 0 Å². The summed E-state index contributed by atoms with van der Waals surface area (Å²) >= 11 is -5.10. The number of unbranched alkanes of at least 4 members (excludes halogenated alkanes) is 2. The molecular weight excluding hydrogens is 854 g/mol. The molecule has 4 heteroatoms. The summed E-state index contributed by atoms with van der Waals surface area (Å²) in [5.74, 6) is -0.642. The fourth-order valence-corrected chi connectivity index (χ4v) is 54.0. The zero-order valence-corrected chi connectivity index (χ0v) is 39.3. The van der Waals surface area contributed by atoms with Crippen LogP contribution in [0.2, 0.25) is 13.1 Å². The molecule has 0 saturated heterocycles. The van der Waals surface area contributed by atoms with Crippen LogP contribution in [0.15, 0.2) is 96.1 Å². The van der Waals surface area contributed by atoms with E-state index in [0.717, 1.165) is 25.7 Å². The summed E-state index contributed by atoms with van der Waals surface area (Å²) in [5.41, 5.74) is 16.8. The van der Waals surface area contributed by atoms with E-state index in [9.17, 15) is 0 Å². The van der Waals surface area contributed by atoms with Crippen LogP contribution < -0.4 is 0 Å². The topological polar surface area (TPSA) is 0 Å². The number of aryl methyl sites for hydroxylation is 2. The Bertz CT molecular complexity index is 1830. The standard InChI is InChI=1S/2C23H27.C2H7Si.2ClH.Hf/c2*1-4-5-9-19-10-6-7-12-21(19)22-13-8-11-20-15-18(14-17(2)3)16-23(20)22;1-3-2;;;/h2*6-8,10-13,15-17H,4-5,9,14H2,1-3H3;3H,1-2H3;2*1H;/q;;;;;+2/p-2. The third-order valence-corrected chi connectivity index (χ3v) is 84.9. The van der Waals surface area contributed by atoms with Crippen LogP contribution >= 0.6 is 17.2 Å². The van der Waals surface area contributed by atoms with Gasteiger partial charge in [0.05, 0.1) is 0 Å². The Morgan fingerprint density at radius 3 is 1.31 bits per heavy atom. The number of benzene rings is 4. The fourth-order valence-electron chi connectivity index (χ4n) is 9.57. The number of rotatable bonds is 15. The van der Waals surface area contributed by atoms with Gasteiger partial charge in [0.25, 0.3) is 0 Å². The van der Waals surface area contributed by atoms with Crippen LogP contribution in [0.25, 0.3) is 34.4 Å². The van der Waals surface area contributed by atoms with Gasteiger partial charge in [0, 0.05) is 0 Å². The van der Waals surface area contributed by atoms with Gasteiger partial charge in [-0.15, -0.1) is 0 Å². The molecule has 0 bridgehead atoms. The molecule has 52 heavy (non-hydrogen) atoms. The van der Waals surface area contributed by atoms with E-state index in [1.165, 1.54) is 92.5 Å². The zero-order valence-electron chi connectivity index (χ0n) is 33.0. The third-order valence-electron chi connectivity index (χ3n) is 12.0. The van der Waals surface area contributed by atoms with E-state index in [-0.39, 0.29) is 7.35 Å². The van der Waals surface area contributed by atoms with Crippen molar-refractivity contribution in [3.8, 4) is 22.3 Å². The monoisotopic (exact) mass is 915 g/mol. The van der Waals surface area contributed by atoms with Crippen LogP contribution in [0.5, 0.6) is 0 Å². The Balaban J connectivity index is 1.59. The van der Waals surface area contributed by atoms with Gasteiger partial charge in [0.15, 0.2) is 0 Å². The average molecular weight is 915 g/mol. The summed E-state index contributed by atoms with van der Waals surface area (Å²) in [6, 6.07) is 32.3. The molecular formula is C48H61Cl2HfSi. The van der Waals surface area contributed by atoms with Gasteiger partial charge in [-0.3, -0.25) is 0 Å². The zero-order chi connectivity index (χ0) is 37.2. The molecule has 275 valence electrons. The average Bonchev–Trinajstić information content (AvgIpc) is 3.68. The fraction of sp³-hybridized carbons (Fsp3) is 0.417. The van der Waals surface area contributed by atoms with E-state index in [2.05, 4.69) is 152 Å². The van der Waals surface area contributed by atoms with Gasteiger partial charge < -0.3 is 0 Å². The second kappa shape index (κ2) is 16.4. The van der Waals surface area contributed by atoms with Crippen LogP contribution in [0.4, 0.5) is 0 Å². The second-order valence-electron chi connectivity index (χ2n) is 17.0. The quantitative estimate of drug-likeness (QED) is 0.104. The third kappa shape index (κ3) is 7.37. The maximum atomic E-state index is 8.92.